The van der Waals surface area contributed by atoms with Crippen LogP contribution in [0.4, 0.5) is 5.69 Å². The van der Waals surface area contributed by atoms with Gasteiger partial charge in [0, 0.05) is 43.3 Å². The predicted octanol–water partition coefficient (Wildman–Crippen LogP) is 3.37. The van der Waals surface area contributed by atoms with E-state index in [9.17, 15) is 9.59 Å². The van der Waals surface area contributed by atoms with Gasteiger partial charge in [-0.05, 0) is 32.8 Å². The minimum absolute atomic E-state index is 0.113. The number of amides is 1. The third kappa shape index (κ3) is 4.02. The number of carbonyl (C=O) groups is 2. The number of hydrogen-bond donors (Lipinski definition) is 0. The van der Waals surface area contributed by atoms with Crippen LogP contribution in [-0.4, -0.2) is 42.5 Å². The second-order valence-corrected chi connectivity index (χ2v) is 7.29. The van der Waals surface area contributed by atoms with Crippen LogP contribution in [0.1, 0.15) is 51.5 Å². The van der Waals surface area contributed by atoms with Crippen molar-refractivity contribution in [2.24, 2.45) is 5.92 Å². The summed E-state index contributed by atoms with van der Waals surface area (Å²) in [6.45, 7) is 6.85. The molecule has 1 unspecified atom stereocenters. The third-order valence-electron chi connectivity index (χ3n) is 5.72. The average Bonchev–Trinajstić information content (AvgIpc) is 3.31. The fraction of sp³-hybridized carbons (Fsp3) is 0.619. The van der Waals surface area contributed by atoms with E-state index in [1.165, 1.54) is 12.8 Å². The van der Waals surface area contributed by atoms with Crippen molar-refractivity contribution in [2.45, 2.75) is 58.6 Å². The summed E-state index contributed by atoms with van der Waals surface area (Å²) in [5.41, 5.74) is 2.13. The molecule has 0 bridgehead atoms. The number of hydrogen-bond acceptors (Lipinski definition) is 4. The maximum Gasteiger partial charge on any atom is 0.311 e. The van der Waals surface area contributed by atoms with Crippen LogP contribution in [-0.2, 0) is 20.9 Å². The highest BCUT2D eigenvalue weighted by atomic mass is 16.5. The van der Waals surface area contributed by atoms with Crippen molar-refractivity contribution in [3.63, 3.8) is 0 Å². The number of para-hydroxylation sites is 1. The first kappa shape index (κ1) is 18.7. The number of esters is 1. The Kier molecular flexibility index (Phi) is 6.17. The van der Waals surface area contributed by atoms with Crippen LogP contribution in [0.15, 0.2) is 24.3 Å². The van der Waals surface area contributed by atoms with Crippen molar-refractivity contribution in [3.8, 4) is 0 Å². The van der Waals surface area contributed by atoms with Gasteiger partial charge in [0.25, 0.3) is 0 Å². The maximum absolute atomic E-state index is 12.5. The molecule has 0 N–H and O–H groups in total. The molecule has 5 heteroatoms. The normalized spacial score (nSPS) is 20.6. The quantitative estimate of drug-likeness (QED) is 0.701. The number of nitrogens with zero attached hydrogens (tertiary/aromatic N) is 2. The molecule has 0 radical (unpaired) electrons. The smallest absolute Gasteiger partial charge is 0.311 e. The molecule has 1 aliphatic carbocycles. The van der Waals surface area contributed by atoms with Gasteiger partial charge in [-0.2, -0.15) is 0 Å². The van der Waals surface area contributed by atoms with Crippen molar-refractivity contribution >= 4 is 17.6 Å². The summed E-state index contributed by atoms with van der Waals surface area (Å²) in [6.07, 6.45) is 4.82. The van der Waals surface area contributed by atoms with E-state index in [1.807, 2.05) is 23.1 Å². The Hall–Kier alpha value is -2.04. The zero-order chi connectivity index (χ0) is 18.5. The van der Waals surface area contributed by atoms with Gasteiger partial charge in [-0.25, -0.2) is 0 Å². The fourth-order valence-corrected chi connectivity index (χ4v) is 4.23. The van der Waals surface area contributed by atoms with E-state index < -0.39 is 0 Å². The minimum Gasteiger partial charge on any atom is -0.460 e. The van der Waals surface area contributed by atoms with Gasteiger partial charge in [0.15, 0.2) is 0 Å². The van der Waals surface area contributed by atoms with Crippen LogP contribution in [0.2, 0.25) is 0 Å². The first-order valence-electron chi connectivity index (χ1n) is 9.93. The Morgan fingerprint density at radius 3 is 2.58 bits per heavy atom. The summed E-state index contributed by atoms with van der Waals surface area (Å²) in [4.78, 5) is 29.0. The topological polar surface area (TPSA) is 49.9 Å². The molecule has 1 saturated carbocycles. The van der Waals surface area contributed by atoms with Crippen LogP contribution < -0.4 is 4.90 Å². The highest BCUT2D eigenvalue weighted by Gasteiger charge is 2.39. The van der Waals surface area contributed by atoms with E-state index in [2.05, 4.69) is 24.8 Å². The van der Waals surface area contributed by atoms with Crippen molar-refractivity contribution in [1.29, 1.82) is 0 Å². The van der Waals surface area contributed by atoms with Gasteiger partial charge in [0.1, 0.15) is 6.61 Å². The summed E-state index contributed by atoms with van der Waals surface area (Å²) in [5.74, 6) is -0.445. The SMILES string of the molecule is CCN(CC)c1ccccc1COC(=O)C1CC(=O)N(C2CCCC2)C1. The molecule has 0 aromatic heterocycles. The van der Waals surface area contributed by atoms with Gasteiger partial charge in [0.05, 0.1) is 5.92 Å². The lowest BCUT2D eigenvalue weighted by Gasteiger charge is -2.24. The first-order chi connectivity index (χ1) is 12.6. The van der Waals surface area contributed by atoms with Crippen LogP contribution >= 0.6 is 0 Å². The largest absolute Gasteiger partial charge is 0.460 e. The predicted molar refractivity (Wildman–Crippen MR) is 102 cm³/mol. The second-order valence-electron chi connectivity index (χ2n) is 7.29. The Bertz CT molecular complexity index is 636. The van der Waals surface area contributed by atoms with Crippen molar-refractivity contribution < 1.29 is 14.3 Å². The second kappa shape index (κ2) is 8.56. The van der Waals surface area contributed by atoms with E-state index in [4.69, 9.17) is 4.74 Å². The molecule has 5 nitrogen and oxygen atoms in total. The average molecular weight is 358 g/mol. The van der Waals surface area contributed by atoms with Gasteiger partial charge < -0.3 is 14.5 Å². The summed E-state index contributed by atoms with van der Waals surface area (Å²) < 4.78 is 5.61. The number of carbonyl (C=O) groups excluding carboxylic acids is 2. The Morgan fingerprint density at radius 1 is 1.19 bits per heavy atom. The van der Waals surface area contributed by atoms with Gasteiger partial charge in [0.2, 0.25) is 5.91 Å². The Balaban J connectivity index is 1.59. The van der Waals surface area contributed by atoms with Crippen LogP contribution in [0, 0.1) is 5.92 Å². The van der Waals surface area contributed by atoms with Gasteiger partial charge >= 0.3 is 5.97 Å². The molecule has 1 saturated heterocycles. The molecule has 1 amide bonds. The molecular formula is C21H30N2O3. The van der Waals surface area contributed by atoms with Crippen molar-refractivity contribution in [2.75, 3.05) is 24.5 Å². The molecule has 142 valence electrons. The van der Waals surface area contributed by atoms with Crippen LogP contribution in [0.5, 0.6) is 0 Å². The zero-order valence-electron chi connectivity index (χ0n) is 15.9. The molecule has 1 aliphatic heterocycles. The highest BCUT2D eigenvalue weighted by Crippen LogP contribution is 2.30. The number of benzene rings is 1. The van der Waals surface area contributed by atoms with Crippen LogP contribution in [0.3, 0.4) is 0 Å². The molecule has 3 rings (SSSR count). The molecule has 1 atom stereocenters. The Morgan fingerprint density at radius 2 is 1.88 bits per heavy atom. The highest BCUT2D eigenvalue weighted by molar-refractivity contribution is 5.87. The van der Waals surface area contributed by atoms with E-state index in [0.717, 1.165) is 37.2 Å². The van der Waals surface area contributed by atoms with E-state index >= 15 is 0 Å². The molecule has 1 aromatic rings. The maximum atomic E-state index is 12.5. The number of anilines is 1. The van der Waals surface area contributed by atoms with Crippen molar-refractivity contribution in [3.05, 3.63) is 29.8 Å². The zero-order valence-corrected chi connectivity index (χ0v) is 15.9. The monoisotopic (exact) mass is 358 g/mol. The summed E-state index contributed by atoms with van der Waals surface area (Å²) in [7, 11) is 0. The molecule has 1 aromatic carbocycles. The van der Waals surface area contributed by atoms with Crippen molar-refractivity contribution in [1.82, 2.24) is 4.90 Å². The van der Waals surface area contributed by atoms with E-state index in [0.29, 0.717) is 19.0 Å². The molecule has 2 fully saturated rings. The van der Waals surface area contributed by atoms with Gasteiger partial charge in [-0.1, -0.05) is 31.0 Å². The van der Waals surface area contributed by atoms with Gasteiger partial charge in [-0.15, -0.1) is 0 Å². The lowest BCUT2D eigenvalue weighted by atomic mass is 10.1. The number of ether oxygens (including phenoxy) is 1. The molecule has 0 spiro atoms. The molecule has 1 heterocycles. The molecule has 26 heavy (non-hydrogen) atoms. The minimum atomic E-state index is -0.316. The molecular weight excluding hydrogens is 328 g/mol. The Labute approximate surface area is 156 Å². The van der Waals surface area contributed by atoms with E-state index in [-0.39, 0.29) is 24.4 Å². The number of likely N-dealkylation sites (tertiary alicyclic amines) is 1. The summed E-state index contributed by atoms with van der Waals surface area (Å²) in [6, 6.07) is 8.39. The van der Waals surface area contributed by atoms with Gasteiger partial charge in [-0.3, -0.25) is 9.59 Å². The summed E-state index contributed by atoms with van der Waals surface area (Å²) >= 11 is 0. The fourth-order valence-electron chi connectivity index (χ4n) is 4.23. The third-order valence-corrected chi connectivity index (χ3v) is 5.72. The lowest BCUT2D eigenvalue weighted by molar-refractivity contribution is -0.149. The standard InChI is InChI=1S/C21H30N2O3/c1-3-22(4-2)19-12-8-5-9-16(19)15-26-21(25)17-13-20(24)23(14-17)18-10-6-7-11-18/h5,8-9,12,17-18H,3-4,6-7,10-11,13-15H2,1-2H3. The summed E-state index contributed by atoms with van der Waals surface area (Å²) in [5, 5.41) is 0. The molecule has 2 aliphatic rings. The lowest BCUT2D eigenvalue weighted by Crippen LogP contribution is -2.35. The van der Waals surface area contributed by atoms with Crippen LogP contribution in [0.25, 0.3) is 0 Å². The first-order valence-corrected chi connectivity index (χ1v) is 9.93. The van der Waals surface area contributed by atoms with E-state index in [1.54, 1.807) is 0 Å². The number of rotatable bonds is 7.